The predicted octanol–water partition coefficient (Wildman–Crippen LogP) is 11.2. The molecule has 0 saturated heterocycles. The summed E-state index contributed by atoms with van der Waals surface area (Å²) in [5.41, 5.74) is 10.2. The maximum absolute atomic E-state index is 6.65. The molecule has 9 aromatic rings. The third-order valence-electron chi connectivity index (χ3n) is 8.21. The summed E-state index contributed by atoms with van der Waals surface area (Å²) in [7, 11) is 0. The maximum Gasteiger partial charge on any atom is 0.161 e. The molecule has 192 valence electrons. The summed E-state index contributed by atoms with van der Waals surface area (Å²) in [5.74, 6) is 0. The van der Waals surface area contributed by atoms with Crippen molar-refractivity contribution in [3.63, 3.8) is 0 Å². The molecule has 0 amide bonds. The van der Waals surface area contributed by atoms with Crippen LogP contribution in [0.25, 0.3) is 81.1 Å². The van der Waals surface area contributed by atoms with E-state index >= 15 is 0 Å². The van der Waals surface area contributed by atoms with Gasteiger partial charge < -0.3 is 8.98 Å². The zero-order valence-corrected chi connectivity index (χ0v) is 22.9. The van der Waals surface area contributed by atoms with Gasteiger partial charge in [-0.1, -0.05) is 91.0 Å². The molecule has 6 aromatic carbocycles. The molecule has 2 nitrogen and oxygen atoms in total. The van der Waals surface area contributed by atoms with E-state index in [1.165, 1.54) is 42.4 Å². The summed E-state index contributed by atoms with van der Waals surface area (Å²) in [6, 6.07) is 49.9. The fourth-order valence-electron chi connectivity index (χ4n) is 6.32. The number of thiophene rings is 1. The van der Waals surface area contributed by atoms with E-state index in [2.05, 4.69) is 144 Å². The fourth-order valence-corrected chi connectivity index (χ4v) is 7.54. The lowest BCUT2D eigenvalue weighted by Gasteiger charge is -2.07. The summed E-state index contributed by atoms with van der Waals surface area (Å²) in [6.45, 7) is 0. The topological polar surface area (TPSA) is 18.1 Å². The summed E-state index contributed by atoms with van der Waals surface area (Å²) in [4.78, 5) is 0. The van der Waals surface area contributed by atoms with Gasteiger partial charge in [0.15, 0.2) is 5.58 Å². The molecule has 0 aliphatic heterocycles. The molecular formula is C38H23NOS. The Hall–Kier alpha value is -5.12. The molecule has 0 aliphatic carbocycles. The van der Waals surface area contributed by atoms with Crippen LogP contribution in [0.15, 0.2) is 144 Å². The average molecular weight is 542 g/mol. The molecule has 0 saturated carbocycles. The molecule has 3 heterocycles. The van der Waals surface area contributed by atoms with Crippen LogP contribution < -0.4 is 0 Å². The molecular weight excluding hydrogens is 518 g/mol. The highest BCUT2D eigenvalue weighted by molar-refractivity contribution is 7.26. The average Bonchev–Trinajstić information content (AvgIpc) is 3.70. The number of benzene rings is 6. The van der Waals surface area contributed by atoms with Gasteiger partial charge in [0.25, 0.3) is 0 Å². The Balaban J connectivity index is 1.25. The van der Waals surface area contributed by atoms with Gasteiger partial charge in [-0.05, 0) is 70.8 Å². The molecule has 0 bridgehead atoms. The Morgan fingerprint density at radius 2 is 1.27 bits per heavy atom. The Kier molecular flexibility index (Phi) is 4.80. The maximum atomic E-state index is 6.65. The molecule has 0 spiro atoms. The lowest BCUT2D eigenvalue weighted by Crippen LogP contribution is -1.92. The molecule has 41 heavy (non-hydrogen) atoms. The van der Waals surface area contributed by atoms with Crippen LogP contribution in [0.4, 0.5) is 0 Å². The van der Waals surface area contributed by atoms with Crippen LogP contribution in [0, 0.1) is 0 Å². The van der Waals surface area contributed by atoms with E-state index in [-0.39, 0.29) is 0 Å². The second-order valence-electron chi connectivity index (χ2n) is 10.5. The molecule has 0 N–H and O–H groups in total. The van der Waals surface area contributed by atoms with Crippen LogP contribution in [0.2, 0.25) is 0 Å². The minimum absolute atomic E-state index is 0.910. The summed E-state index contributed by atoms with van der Waals surface area (Å²) in [5, 5.41) is 4.86. The first kappa shape index (κ1) is 22.7. The summed E-state index contributed by atoms with van der Waals surface area (Å²) < 4.78 is 11.6. The summed E-state index contributed by atoms with van der Waals surface area (Å²) in [6.07, 6.45) is 0. The van der Waals surface area contributed by atoms with Gasteiger partial charge in [0.2, 0.25) is 0 Å². The lowest BCUT2D eigenvalue weighted by atomic mass is 10.00. The lowest BCUT2D eigenvalue weighted by molar-refractivity contribution is 0.673. The minimum Gasteiger partial charge on any atom is -0.454 e. The van der Waals surface area contributed by atoms with Gasteiger partial charge in [0.05, 0.1) is 5.52 Å². The van der Waals surface area contributed by atoms with Crippen molar-refractivity contribution in [1.82, 2.24) is 4.57 Å². The number of hydrogen-bond donors (Lipinski definition) is 0. The number of nitrogens with zero attached hydrogens (tertiary/aromatic N) is 1. The number of fused-ring (bicyclic) bond motifs is 8. The monoisotopic (exact) mass is 541 g/mol. The van der Waals surface area contributed by atoms with Gasteiger partial charge in [0, 0.05) is 36.6 Å². The van der Waals surface area contributed by atoms with E-state index in [1.807, 2.05) is 11.3 Å². The Morgan fingerprint density at radius 3 is 2.15 bits per heavy atom. The van der Waals surface area contributed by atoms with Crippen LogP contribution in [0.5, 0.6) is 0 Å². The first-order valence-electron chi connectivity index (χ1n) is 13.9. The predicted molar refractivity (Wildman–Crippen MR) is 174 cm³/mol. The number of aromatic nitrogens is 1. The van der Waals surface area contributed by atoms with E-state index in [0.717, 1.165) is 38.7 Å². The highest BCUT2D eigenvalue weighted by atomic mass is 32.1. The van der Waals surface area contributed by atoms with Gasteiger partial charge in [-0.25, -0.2) is 0 Å². The van der Waals surface area contributed by atoms with Crippen LogP contribution in [-0.2, 0) is 0 Å². The Morgan fingerprint density at radius 1 is 0.512 bits per heavy atom. The molecule has 3 aromatic heterocycles. The molecule has 0 fully saturated rings. The minimum atomic E-state index is 0.910. The van der Waals surface area contributed by atoms with E-state index < -0.39 is 0 Å². The molecule has 0 radical (unpaired) electrons. The largest absolute Gasteiger partial charge is 0.454 e. The first-order valence-corrected chi connectivity index (χ1v) is 14.7. The van der Waals surface area contributed by atoms with Crippen molar-refractivity contribution in [2.75, 3.05) is 0 Å². The third-order valence-corrected chi connectivity index (χ3v) is 9.43. The summed E-state index contributed by atoms with van der Waals surface area (Å²) >= 11 is 1.87. The van der Waals surface area contributed by atoms with Crippen LogP contribution >= 0.6 is 11.3 Å². The van der Waals surface area contributed by atoms with Gasteiger partial charge in [0.1, 0.15) is 11.1 Å². The SMILES string of the molecule is c1ccc(-c2ccc3sc4c(-c5ccc6c(c5)oc5c7ccccc7n(-c7ccccc7)c65)cccc4c3c2)cc1. The van der Waals surface area contributed by atoms with Crippen molar-refractivity contribution in [3.8, 4) is 27.9 Å². The van der Waals surface area contributed by atoms with Gasteiger partial charge in [-0.15, -0.1) is 11.3 Å². The van der Waals surface area contributed by atoms with E-state index in [9.17, 15) is 0 Å². The van der Waals surface area contributed by atoms with Crippen molar-refractivity contribution in [3.05, 3.63) is 140 Å². The fraction of sp³-hybridized carbons (Fsp3) is 0. The van der Waals surface area contributed by atoms with Gasteiger partial charge >= 0.3 is 0 Å². The second kappa shape index (κ2) is 8.69. The van der Waals surface area contributed by atoms with Crippen LogP contribution in [0.1, 0.15) is 0 Å². The van der Waals surface area contributed by atoms with Crippen molar-refractivity contribution < 1.29 is 4.42 Å². The van der Waals surface area contributed by atoms with E-state index in [4.69, 9.17) is 4.42 Å². The van der Waals surface area contributed by atoms with Crippen LogP contribution in [-0.4, -0.2) is 4.57 Å². The van der Waals surface area contributed by atoms with Crippen molar-refractivity contribution in [2.24, 2.45) is 0 Å². The molecule has 9 rings (SSSR count). The third kappa shape index (κ3) is 3.36. The van der Waals surface area contributed by atoms with Crippen molar-refractivity contribution in [1.29, 1.82) is 0 Å². The van der Waals surface area contributed by atoms with E-state index in [0.29, 0.717) is 0 Å². The number of para-hydroxylation sites is 2. The molecule has 0 unspecified atom stereocenters. The Labute approximate surface area is 240 Å². The Bertz CT molecular complexity index is 2410. The quantitative estimate of drug-likeness (QED) is 0.217. The zero-order chi connectivity index (χ0) is 26.9. The number of hydrogen-bond acceptors (Lipinski definition) is 2. The zero-order valence-electron chi connectivity index (χ0n) is 22.0. The van der Waals surface area contributed by atoms with Crippen molar-refractivity contribution in [2.45, 2.75) is 0 Å². The number of rotatable bonds is 3. The highest BCUT2D eigenvalue weighted by Gasteiger charge is 2.20. The smallest absolute Gasteiger partial charge is 0.161 e. The molecule has 0 atom stereocenters. The molecule has 0 aliphatic rings. The highest BCUT2D eigenvalue weighted by Crippen LogP contribution is 2.44. The first-order chi connectivity index (χ1) is 20.3. The second-order valence-corrected chi connectivity index (χ2v) is 11.6. The van der Waals surface area contributed by atoms with Crippen molar-refractivity contribution >= 4 is 64.5 Å². The van der Waals surface area contributed by atoms with Gasteiger partial charge in [-0.2, -0.15) is 0 Å². The standard InChI is InChI=1S/C38H23NOS/c1-3-10-24(11-4-1)25-19-21-35-32(22-25)29-16-9-15-28(38(29)41-35)26-18-20-31-34(23-26)40-37-30-14-7-8-17-33(30)39(36(31)37)27-12-5-2-6-13-27/h1-23H. The van der Waals surface area contributed by atoms with Gasteiger partial charge in [-0.3, -0.25) is 0 Å². The van der Waals surface area contributed by atoms with E-state index in [1.54, 1.807) is 0 Å². The normalized spacial score (nSPS) is 11.9. The molecule has 3 heteroatoms. The number of furan rings is 1. The van der Waals surface area contributed by atoms with Crippen LogP contribution in [0.3, 0.4) is 0 Å².